The average molecular weight is 382 g/mol. The van der Waals surface area contributed by atoms with Crippen molar-refractivity contribution < 1.29 is 13.9 Å². The van der Waals surface area contributed by atoms with Gasteiger partial charge in [0.05, 0.1) is 30.2 Å². The van der Waals surface area contributed by atoms with Crippen molar-refractivity contribution in [1.82, 2.24) is 14.5 Å². The quantitative estimate of drug-likeness (QED) is 0.642. The number of hydrogen-bond donors (Lipinski definition) is 0. The third kappa shape index (κ3) is 3.32. The number of anilines is 1. The number of piperidine rings is 1. The highest BCUT2D eigenvalue weighted by molar-refractivity contribution is 6.05. The van der Waals surface area contributed by atoms with Gasteiger partial charge in [-0.05, 0) is 37.5 Å². The molecule has 3 heterocycles. The van der Waals surface area contributed by atoms with E-state index in [1.807, 2.05) is 12.5 Å². The molecule has 2 unspecified atom stereocenters. The molecule has 0 radical (unpaired) electrons. The molecule has 0 amide bonds. The van der Waals surface area contributed by atoms with Gasteiger partial charge in [0.25, 0.3) is 0 Å². The highest BCUT2D eigenvalue weighted by atomic mass is 19.1. The number of rotatable bonds is 4. The number of imidazole rings is 1. The third-order valence-corrected chi connectivity index (χ3v) is 5.44. The fraction of sp³-hybridized carbons (Fsp3) is 0.381. The van der Waals surface area contributed by atoms with Gasteiger partial charge in [-0.15, -0.1) is 0 Å². The molecule has 2 aromatic heterocycles. The molecule has 0 spiro atoms. The van der Waals surface area contributed by atoms with Crippen LogP contribution in [0, 0.1) is 11.7 Å². The minimum absolute atomic E-state index is 0.211. The molecule has 1 aliphatic heterocycles. The Morgan fingerprint density at radius 1 is 1.39 bits per heavy atom. The molecule has 6 nitrogen and oxygen atoms in total. The van der Waals surface area contributed by atoms with Gasteiger partial charge < -0.3 is 14.2 Å². The van der Waals surface area contributed by atoms with Crippen LogP contribution in [-0.4, -0.2) is 40.2 Å². The molecular formula is C21H23FN4O2. The molecular weight excluding hydrogens is 359 g/mol. The van der Waals surface area contributed by atoms with E-state index in [9.17, 15) is 9.18 Å². The van der Waals surface area contributed by atoms with Crippen molar-refractivity contribution in [1.29, 1.82) is 0 Å². The summed E-state index contributed by atoms with van der Waals surface area (Å²) in [4.78, 5) is 23.3. The zero-order valence-corrected chi connectivity index (χ0v) is 16.0. The number of hydrogen-bond acceptors (Lipinski definition) is 5. The number of fused-ring (bicyclic) bond motifs is 1. The van der Waals surface area contributed by atoms with Gasteiger partial charge >= 0.3 is 5.97 Å². The Bertz CT molecular complexity index is 989. The van der Waals surface area contributed by atoms with Crippen LogP contribution in [0.1, 0.15) is 36.7 Å². The molecule has 4 rings (SSSR count). The molecule has 1 saturated heterocycles. The maximum Gasteiger partial charge on any atom is 0.341 e. The Labute approximate surface area is 163 Å². The highest BCUT2D eigenvalue weighted by Gasteiger charge is 2.31. The zero-order chi connectivity index (χ0) is 19.7. The van der Waals surface area contributed by atoms with Gasteiger partial charge in [0, 0.05) is 37.1 Å². The number of carbonyl (C=O) groups is 1. The Morgan fingerprint density at radius 3 is 3.00 bits per heavy atom. The van der Waals surface area contributed by atoms with Gasteiger partial charge in [0.1, 0.15) is 11.4 Å². The van der Waals surface area contributed by atoms with E-state index in [1.54, 1.807) is 19.2 Å². The molecule has 2 atom stereocenters. The molecule has 0 aliphatic carbocycles. The van der Waals surface area contributed by atoms with Crippen molar-refractivity contribution in [3.63, 3.8) is 0 Å². The van der Waals surface area contributed by atoms with Crippen LogP contribution in [0.4, 0.5) is 10.1 Å². The summed E-state index contributed by atoms with van der Waals surface area (Å²) in [6.45, 7) is 5.73. The predicted molar refractivity (Wildman–Crippen MR) is 105 cm³/mol. The maximum atomic E-state index is 14.1. The normalized spacial score (nSPS) is 19.8. The topological polar surface area (TPSA) is 60.2 Å². The summed E-state index contributed by atoms with van der Waals surface area (Å²) >= 11 is 0. The van der Waals surface area contributed by atoms with Crippen LogP contribution in [0.25, 0.3) is 10.9 Å². The molecule has 7 heteroatoms. The second-order valence-electron chi connectivity index (χ2n) is 7.19. The fourth-order valence-electron chi connectivity index (χ4n) is 3.96. The van der Waals surface area contributed by atoms with Crippen LogP contribution < -0.4 is 4.90 Å². The first-order chi connectivity index (χ1) is 13.6. The van der Waals surface area contributed by atoms with Crippen molar-refractivity contribution in [2.75, 3.05) is 24.6 Å². The number of halogens is 1. The third-order valence-electron chi connectivity index (χ3n) is 5.44. The molecule has 0 N–H and O–H groups in total. The van der Waals surface area contributed by atoms with Crippen LogP contribution in [0.3, 0.4) is 0 Å². The summed E-state index contributed by atoms with van der Waals surface area (Å²) in [7, 11) is 0. The van der Waals surface area contributed by atoms with E-state index >= 15 is 0 Å². The fourth-order valence-corrected chi connectivity index (χ4v) is 3.96. The van der Waals surface area contributed by atoms with Gasteiger partial charge in [-0.3, -0.25) is 4.98 Å². The zero-order valence-electron chi connectivity index (χ0n) is 16.0. The lowest BCUT2D eigenvalue weighted by molar-refractivity contribution is 0.0526. The summed E-state index contributed by atoms with van der Waals surface area (Å²) in [5, 5.41) is 0.629. The number of esters is 1. The molecule has 1 aliphatic rings. The first kappa shape index (κ1) is 18.4. The van der Waals surface area contributed by atoms with Crippen molar-refractivity contribution in [2.24, 2.45) is 5.92 Å². The first-order valence-corrected chi connectivity index (χ1v) is 9.56. The van der Waals surface area contributed by atoms with E-state index in [1.165, 1.54) is 18.3 Å². The lowest BCUT2D eigenvalue weighted by Crippen LogP contribution is -2.41. The molecule has 1 aromatic carbocycles. The van der Waals surface area contributed by atoms with Crippen LogP contribution in [0.5, 0.6) is 0 Å². The van der Waals surface area contributed by atoms with Gasteiger partial charge in [-0.2, -0.15) is 0 Å². The van der Waals surface area contributed by atoms with Gasteiger partial charge in [0.15, 0.2) is 0 Å². The SMILES string of the molecule is CCOC(=O)c1cnc2ccc(F)cc2c1N1CCC(C)C(n2ccnc2)C1. The summed E-state index contributed by atoms with van der Waals surface area (Å²) in [6, 6.07) is 4.69. The number of benzene rings is 1. The number of ether oxygens (including phenoxy) is 1. The molecule has 0 bridgehead atoms. The number of aromatic nitrogens is 3. The molecule has 28 heavy (non-hydrogen) atoms. The summed E-state index contributed by atoms with van der Waals surface area (Å²) in [5.41, 5.74) is 1.72. The number of pyridine rings is 1. The van der Waals surface area contributed by atoms with E-state index < -0.39 is 5.97 Å². The minimum Gasteiger partial charge on any atom is -0.462 e. The van der Waals surface area contributed by atoms with Crippen molar-refractivity contribution in [2.45, 2.75) is 26.3 Å². The van der Waals surface area contributed by atoms with Crippen LogP contribution in [-0.2, 0) is 4.74 Å². The van der Waals surface area contributed by atoms with Crippen molar-refractivity contribution in [3.05, 3.63) is 54.5 Å². The van der Waals surface area contributed by atoms with E-state index in [0.29, 0.717) is 34.6 Å². The lowest BCUT2D eigenvalue weighted by Gasteiger charge is -2.40. The van der Waals surface area contributed by atoms with Gasteiger partial charge in [-0.1, -0.05) is 6.92 Å². The van der Waals surface area contributed by atoms with Crippen LogP contribution in [0.15, 0.2) is 43.1 Å². The van der Waals surface area contributed by atoms with Gasteiger partial charge in [-0.25, -0.2) is 14.2 Å². The smallest absolute Gasteiger partial charge is 0.341 e. The molecule has 3 aromatic rings. The van der Waals surface area contributed by atoms with Gasteiger partial charge in [0.2, 0.25) is 0 Å². The molecule has 146 valence electrons. The summed E-state index contributed by atoms with van der Waals surface area (Å²) in [5.74, 6) is -0.330. The molecule has 0 saturated carbocycles. The Kier molecular flexibility index (Phi) is 4.98. The second kappa shape index (κ2) is 7.58. The standard InChI is InChI=1S/C21H23FN4O2/c1-3-28-21(27)17-11-24-18-5-4-15(22)10-16(18)20(17)25-8-6-14(2)19(12-25)26-9-7-23-13-26/h4-5,7,9-11,13-14,19H,3,6,8,12H2,1-2H3. The van der Waals surface area contributed by atoms with Crippen molar-refractivity contribution >= 4 is 22.6 Å². The highest BCUT2D eigenvalue weighted by Crippen LogP contribution is 2.36. The maximum absolute atomic E-state index is 14.1. The second-order valence-corrected chi connectivity index (χ2v) is 7.19. The largest absolute Gasteiger partial charge is 0.462 e. The number of nitrogens with zero attached hydrogens (tertiary/aromatic N) is 4. The average Bonchev–Trinajstić information content (AvgIpc) is 3.22. The summed E-state index contributed by atoms with van der Waals surface area (Å²) in [6.07, 6.45) is 8.04. The Balaban J connectivity index is 1.82. The number of carbonyl (C=O) groups excluding carboxylic acids is 1. The minimum atomic E-state index is -0.436. The summed E-state index contributed by atoms with van der Waals surface area (Å²) < 4.78 is 21.4. The lowest BCUT2D eigenvalue weighted by atomic mass is 9.92. The van der Waals surface area contributed by atoms with E-state index in [2.05, 4.69) is 26.4 Å². The predicted octanol–water partition coefficient (Wildman–Crippen LogP) is 3.83. The Morgan fingerprint density at radius 2 is 2.25 bits per heavy atom. The monoisotopic (exact) mass is 382 g/mol. The first-order valence-electron chi connectivity index (χ1n) is 9.56. The van der Waals surface area contributed by atoms with E-state index in [0.717, 1.165) is 13.0 Å². The van der Waals surface area contributed by atoms with E-state index in [4.69, 9.17) is 4.74 Å². The molecule has 1 fully saturated rings. The van der Waals surface area contributed by atoms with E-state index in [-0.39, 0.29) is 18.5 Å². The van der Waals surface area contributed by atoms with Crippen LogP contribution in [0.2, 0.25) is 0 Å². The van der Waals surface area contributed by atoms with Crippen molar-refractivity contribution in [3.8, 4) is 0 Å². The Hall–Kier alpha value is -2.96. The van der Waals surface area contributed by atoms with Crippen LogP contribution >= 0.6 is 0 Å².